The number of nitrogens with zero attached hydrogens (tertiary/aromatic N) is 3. The topological polar surface area (TPSA) is 61.8 Å². The number of halogens is 4. The molecule has 0 amide bonds. The Morgan fingerprint density at radius 2 is 2.06 bits per heavy atom. The Hall–Kier alpha value is -3.18. The molecule has 1 N–H and O–H groups in total. The molecule has 8 heteroatoms. The van der Waals surface area contributed by atoms with Crippen LogP contribution in [0.25, 0.3) is 11.3 Å². The van der Waals surface area contributed by atoms with Crippen molar-refractivity contribution in [3.05, 3.63) is 75.7 Å². The van der Waals surface area contributed by atoms with E-state index < -0.39 is 30.4 Å². The summed E-state index contributed by atoms with van der Waals surface area (Å²) < 4.78 is 59.3. The second-order valence-electron chi connectivity index (χ2n) is 8.03. The molecule has 3 aromatic rings. The van der Waals surface area contributed by atoms with Gasteiger partial charge in [0.2, 0.25) is 0 Å². The summed E-state index contributed by atoms with van der Waals surface area (Å²) in [6.07, 6.45) is -2.61. The van der Waals surface area contributed by atoms with E-state index in [9.17, 15) is 27.9 Å². The number of fused-ring (bicyclic) bond motifs is 1. The fraction of sp³-hybridized carbons (Fsp3) is 0.333. The Morgan fingerprint density at radius 3 is 2.69 bits per heavy atom. The van der Waals surface area contributed by atoms with Gasteiger partial charge >= 0.3 is 0 Å². The summed E-state index contributed by atoms with van der Waals surface area (Å²) in [5.41, 5.74) is 2.07. The molecule has 4 rings (SSSR count). The Kier molecular flexibility index (Phi) is 5.55. The number of benzene rings is 2. The SMILES string of the molecule is CCC(F)c1cc(F)cc(C#N)c1Cc1ccc(-c2ccnn2C)c2c1CC(F)(F)C2O. The molecule has 2 aromatic carbocycles. The highest BCUT2D eigenvalue weighted by molar-refractivity contribution is 5.70. The second kappa shape index (κ2) is 8.06. The lowest BCUT2D eigenvalue weighted by molar-refractivity contribution is -0.0966. The smallest absolute Gasteiger partial charge is 0.281 e. The zero-order valence-electron chi connectivity index (χ0n) is 17.5. The maximum absolute atomic E-state index is 14.6. The van der Waals surface area contributed by atoms with Crippen molar-refractivity contribution in [3.8, 4) is 17.3 Å². The summed E-state index contributed by atoms with van der Waals surface area (Å²) in [6.45, 7) is 1.60. The fourth-order valence-corrected chi connectivity index (χ4v) is 4.45. The number of aromatic nitrogens is 2. The molecule has 0 saturated carbocycles. The van der Waals surface area contributed by atoms with Crippen molar-refractivity contribution in [2.45, 2.75) is 44.4 Å². The molecule has 0 aliphatic heterocycles. The second-order valence-corrected chi connectivity index (χ2v) is 8.03. The Labute approximate surface area is 182 Å². The van der Waals surface area contributed by atoms with Crippen LogP contribution >= 0.6 is 0 Å². The molecule has 2 atom stereocenters. The standard InChI is InChI=1S/C24H21F4N3O/c1-3-20(26)18-10-15(25)8-14(12-29)17(18)9-13-4-5-16(21-6-7-30-31(21)2)22-19(13)11-24(27,28)23(22)32/h4-8,10,20,23,32H,3,9,11H2,1-2H3. The summed E-state index contributed by atoms with van der Waals surface area (Å²) in [7, 11) is 1.67. The highest BCUT2D eigenvalue weighted by atomic mass is 19.3. The molecular weight excluding hydrogens is 422 g/mol. The molecule has 0 spiro atoms. The van der Waals surface area contributed by atoms with E-state index in [1.807, 2.05) is 6.07 Å². The van der Waals surface area contributed by atoms with E-state index in [-0.39, 0.29) is 40.7 Å². The van der Waals surface area contributed by atoms with Gasteiger partial charge in [-0.05, 0) is 58.9 Å². The lowest BCUT2D eigenvalue weighted by atomic mass is 9.88. The molecule has 166 valence electrons. The van der Waals surface area contributed by atoms with Gasteiger partial charge in [-0.3, -0.25) is 4.68 Å². The van der Waals surface area contributed by atoms with Gasteiger partial charge in [0.25, 0.3) is 5.92 Å². The van der Waals surface area contributed by atoms with Crippen molar-refractivity contribution in [2.24, 2.45) is 7.05 Å². The first-order chi connectivity index (χ1) is 15.2. The first-order valence-electron chi connectivity index (χ1n) is 10.2. The van der Waals surface area contributed by atoms with Crippen LogP contribution in [0.4, 0.5) is 17.6 Å². The normalized spacial score (nSPS) is 17.8. The van der Waals surface area contributed by atoms with Crippen LogP contribution in [0.1, 0.15) is 59.0 Å². The van der Waals surface area contributed by atoms with E-state index in [1.165, 1.54) is 10.9 Å². The van der Waals surface area contributed by atoms with E-state index in [0.29, 0.717) is 16.8 Å². The summed E-state index contributed by atoms with van der Waals surface area (Å²) in [4.78, 5) is 0. The molecule has 1 aromatic heterocycles. The number of aliphatic hydroxyl groups is 1. The summed E-state index contributed by atoms with van der Waals surface area (Å²) in [6, 6.07) is 8.90. The number of rotatable bonds is 5. The number of aliphatic hydroxyl groups excluding tert-OH is 1. The Bertz CT molecular complexity index is 1230. The lowest BCUT2D eigenvalue weighted by Crippen LogP contribution is -2.21. The van der Waals surface area contributed by atoms with Crippen LogP contribution in [0.3, 0.4) is 0 Å². The molecule has 0 radical (unpaired) electrons. The molecular formula is C24H21F4N3O. The molecule has 32 heavy (non-hydrogen) atoms. The minimum Gasteiger partial charge on any atom is -0.382 e. The minimum atomic E-state index is -3.37. The zero-order valence-corrected chi connectivity index (χ0v) is 17.5. The largest absolute Gasteiger partial charge is 0.382 e. The van der Waals surface area contributed by atoms with Crippen molar-refractivity contribution >= 4 is 0 Å². The zero-order chi connectivity index (χ0) is 23.2. The first kappa shape index (κ1) is 22.0. The van der Waals surface area contributed by atoms with Crippen LogP contribution in [0.15, 0.2) is 36.5 Å². The predicted octanol–water partition coefficient (Wildman–Crippen LogP) is 5.33. The predicted molar refractivity (Wildman–Crippen MR) is 110 cm³/mol. The van der Waals surface area contributed by atoms with Crippen molar-refractivity contribution in [3.63, 3.8) is 0 Å². The van der Waals surface area contributed by atoms with Crippen LogP contribution in [-0.2, 0) is 19.9 Å². The van der Waals surface area contributed by atoms with Crippen LogP contribution < -0.4 is 0 Å². The maximum atomic E-state index is 14.6. The molecule has 2 unspecified atom stereocenters. The van der Waals surface area contributed by atoms with Gasteiger partial charge in [0.05, 0.1) is 17.3 Å². The van der Waals surface area contributed by atoms with Gasteiger partial charge in [-0.2, -0.15) is 10.4 Å². The van der Waals surface area contributed by atoms with E-state index >= 15 is 0 Å². The number of nitriles is 1. The molecule has 0 fully saturated rings. The average Bonchev–Trinajstić information content (AvgIpc) is 3.29. The lowest BCUT2D eigenvalue weighted by Gasteiger charge is -2.18. The number of alkyl halides is 3. The molecule has 0 saturated heterocycles. The number of hydrogen-bond acceptors (Lipinski definition) is 3. The van der Waals surface area contributed by atoms with E-state index in [1.54, 1.807) is 32.2 Å². The van der Waals surface area contributed by atoms with Gasteiger partial charge < -0.3 is 5.11 Å². The van der Waals surface area contributed by atoms with Crippen LogP contribution in [0, 0.1) is 17.1 Å². The van der Waals surface area contributed by atoms with E-state index in [0.717, 1.165) is 12.1 Å². The van der Waals surface area contributed by atoms with Crippen molar-refractivity contribution in [1.82, 2.24) is 9.78 Å². The van der Waals surface area contributed by atoms with Crippen LogP contribution in [0.5, 0.6) is 0 Å². The minimum absolute atomic E-state index is 0.0320. The van der Waals surface area contributed by atoms with Crippen molar-refractivity contribution < 1.29 is 22.7 Å². The maximum Gasteiger partial charge on any atom is 0.281 e. The Morgan fingerprint density at radius 1 is 1.31 bits per heavy atom. The summed E-state index contributed by atoms with van der Waals surface area (Å²) in [5.74, 6) is -4.10. The van der Waals surface area contributed by atoms with E-state index in [4.69, 9.17) is 0 Å². The molecule has 4 nitrogen and oxygen atoms in total. The van der Waals surface area contributed by atoms with Gasteiger partial charge in [0.15, 0.2) is 0 Å². The highest BCUT2D eigenvalue weighted by Crippen LogP contribution is 2.48. The number of aryl methyl sites for hydroxylation is 1. The summed E-state index contributed by atoms with van der Waals surface area (Å²) >= 11 is 0. The van der Waals surface area contributed by atoms with Gasteiger partial charge in [-0.15, -0.1) is 0 Å². The quantitative estimate of drug-likeness (QED) is 0.542. The summed E-state index contributed by atoms with van der Waals surface area (Å²) in [5, 5.41) is 24.0. The van der Waals surface area contributed by atoms with Crippen molar-refractivity contribution in [2.75, 3.05) is 0 Å². The average molecular weight is 443 g/mol. The van der Waals surface area contributed by atoms with Crippen molar-refractivity contribution in [1.29, 1.82) is 5.26 Å². The first-order valence-corrected chi connectivity index (χ1v) is 10.2. The molecule has 1 heterocycles. The monoisotopic (exact) mass is 443 g/mol. The number of hydrogen-bond donors (Lipinski definition) is 1. The molecule has 0 bridgehead atoms. The van der Waals surface area contributed by atoms with Gasteiger partial charge in [0, 0.05) is 25.2 Å². The highest BCUT2D eigenvalue weighted by Gasteiger charge is 2.49. The van der Waals surface area contributed by atoms with Gasteiger partial charge in [-0.1, -0.05) is 19.1 Å². The molecule has 1 aliphatic rings. The van der Waals surface area contributed by atoms with E-state index in [2.05, 4.69) is 5.10 Å². The van der Waals surface area contributed by atoms with Gasteiger partial charge in [0.1, 0.15) is 18.1 Å². The third-order valence-corrected chi connectivity index (χ3v) is 6.07. The fourth-order valence-electron chi connectivity index (χ4n) is 4.45. The van der Waals surface area contributed by atoms with Crippen LogP contribution in [0.2, 0.25) is 0 Å². The van der Waals surface area contributed by atoms with Crippen LogP contribution in [-0.4, -0.2) is 20.8 Å². The Balaban J connectivity index is 1.90. The third-order valence-electron chi connectivity index (χ3n) is 6.07. The van der Waals surface area contributed by atoms with Gasteiger partial charge in [-0.25, -0.2) is 17.6 Å². The molecule has 1 aliphatic carbocycles. The third kappa shape index (κ3) is 3.56.